The number of fused-ring (bicyclic) bond motifs is 1. The number of hydrogen-bond donors (Lipinski definition) is 2. The first-order valence-corrected chi connectivity index (χ1v) is 7.18. The summed E-state index contributed by atoms with van der Waals surface area (Å²) in [4.78, 5) is 13.0. The molecular weight excluding hydrogens is 268 g/mol. The Balaban J connectivity index is 2.05. The third kappa shape index (κ3) is 2.35. The summed E-state index contributed by atoms with van der Waals surface area (Å²) in [7, 11) is 1.89. The minimum atomic E-state index is -1.02. The molecule has 112 valence electrons. The van der Waals surface area contributed by atoms with E-state index in [0.717, 1.165) is 10.9 Å². The van der Waals surface area contributed by atoms with Crippen LogP contribution in [0.4, 0.5) is 5.82 Å². The lowest BCUT2D eigenvalue weighted by Crippen LogP contribution is -2.54. The second kappa shape index (κ2) is 5.04. The Morgan fingerprint density at radius 3 is 2.86 bits per heavy atom. The molecule has 1 atom stereocenters. The normalized spacial score (nSPS) is 19.4. The van der Waals surface area contributed by atoms with Crippen molar-refractivity contribution in [2.45, 2.75) is 32.5 Å². The number of aromatic nitrogens is 2. The topological polar surface area (TPSA) is 70.4 Å². The zero-order valence-electron chi connectivity index (χ0n) is 12.5. The zero-order chi connectivity index (χ0) is 15.1. The standard InChI is InChI=1S/C15H20N4O2/c1-9(2)10-4-5-11-12(8-10)18(3)17-14(11)19-7-6-13(20)16-15(19)21/h4-5,8-9,15,21H,6-7H2,1-3H3,(H,16,20). The number of rotatable bonds is 2. The molecule has 0 spiro atoms. The van der Waals surface area contributed by atoms with Crippen LogP contribution in [0.2, 0.25) is 0 Å². The summed E-state index contributed by atoms with van der Waals surface area (Å²) in [6, 6.07) is 6.26. The molecule has 1 aliphatic rings. The third-order valence-electron chi connectivity index (χ3n) is 3.96. The van der Waals surface area contributed by atoms with E-state index in [1.54, 1.807) is 4.90 Å². The van der Waals surface area contributed by atoms with Gasteiger partial charge >= 0.3 is 0 Å². The first kappa shape index (κ1) is 13.9. The van der Waals surface area contributed by atoms with Gasteiger partial charge in [0.25, 0.3) is 0 Å². The van der Waals surface area contributed by atoms with Crippen molar-refractivity contribution >= 4 is 22.6 Å². The van der Waals surface area contributed by atoms with E-state index >= 15 is 0 Å². The second-order valence-electron chi connectivity index (χ2n) is 5.76. The van der Waals surface area contributed by atoms with Crippen LogP contribution in [-0.2, 0) is 11.8 Å². The molecule has 1 aromatic heterocycles. The molecule has 2 N–H and O–H groups in total. The van der Waals surface area contributed by atoms with Gasteiger partial charge in [-0.1, -0.05) is 19.9 Å². The lowest BCUT2D eigenvalue weighted by Gasteiger charge is -2.32. The number of nitrogens with zero attached hydrogens (tertiary/aromatic N) is 3. The van der Waals surface area contributed by atoms with Gasteiger partial charge in [0.2, 0.25) is 12.3 Å². The highest BCUT2D eigenvalue weighted by Crippen LogP contribution is 2.30. The van der Waals surface area contributed by atoms with Crippen LogP contribution in [0.15, 0.2) is 18.2 Å². The van der Waals surface area contributed by atoms with Crippen molar-refractivity contribution < 1.29 is 9.90 Å². The first-order chi connectivity index (χ1) is 9.97. The van der Waals surface area contributed by atoms with Crippen molar-refractivity contribution in [2.24, 2.45) is 7.05 Å². The molecule has 1 aromatic carbocycles. The number of amides is 1. The average Bonchev–Trinajstić information content (AvgIpc) is 2.75. The van der Waals surface area contributed by atoms with Gasteiger partial charge in [-0.05, 0) is 23.6 Å². The molecular formula is C15H20N4O2. The number of carbonyl (C=O) groups is 1. The summed E-state index contributed by atoms with van der Waals surface area (Å²) >= 11 is 0. The fourth-order valence-electron chi connectivity index (χ4n) is 2.69. The van der Waals surface area contributed by atoms with Gasteiger partial charge in [0.05, 0.1) is 5.52 Å². The highest BCUT2D eigenvalue weighted by Gasteiger charge is 2.27. The average molecular weight is 288 g/mol. The molecule has 1 aliphatic heterocycles. The van der Waals surface area contributed by atoms with E-state index in [1.807, 2.05) is 17.8 Å². The van der Waals surface area contributed by atoms with Crippen molar-refractivity contribution in [3.63, 3.8) is 0 Å². The number of aliphatic hydroxyl groups is 1. The number of anilines is 1. The van der Waals surface area contributed by atoms with Crippen molar-refractivity contribution in [1.29, 1.82) is 0 Å². The molecule has 6 nitrogen and oxygen atoms in total. The summed E-state index contributed by atoms with van der Waals surface area (Å²) in [5.41, 5.74) is 2.28. The number of nitrogens with one attached hydrogen (secondary N) is 1. The van der Waals surface area contributed by atoms with Crippen molar-refractivity contribution in [1.82, 2.24) is 15.1 Å². The van der Waals surface area contributed by atoms with Crippen LogP contribution in [0.25, 0.3) is 10.9 Å². The molecule has 2 heterocycles. The Morgan fingerprint density at radius 2 is 2.19 bits per heavy atom. The quantitative estimate of drug-likeness (QED) is 0.874. The van der Waals surface area contributed by atoms with E-state index in [4.69, 9.17) is 0 Å². The Morgan fingerprint density at radius 1 is 1.43 bits per heavy atom. The van der Waals surface area contributed by atoms with E-state index in [1.165, 1.54) is 5.56 Å². The number of benzene rings is 1. The van der Waals surface area contributed by atoms with Crippen molar-refractivity contribution in [3.05, 3.63) is 23.8 Å². The lowest BCUT2D eigenvalue weighted by molar-refractivity contribution is -0.125. The Bertz CT molecular complexity index is 692. The molecule has 1 saturated heterocycles. The van der Waals surface area contributed by atoms with Gasteiger partial charge in [0.15, 0.2) is 5.82 Å². The smallest absolute Gasteiger partial charge is 0.225 e. The van der Waals surface area contributed by atoms with Crippen LogP contribution in [0, 0.1) is 0 Å². The van der Waals surface area contributed by atoms with Gasteiger partial charge in [-0.3, -0.25) is 9.48 Å². The fraction of sp³-hybridized carbons (Fsp3) is 0.467. The fourth-order valence-corrected chi connectivity index (χ4v) is 2.69. The molecule has 6 heteroatoms. The first-order valence-electron chi connectivity index (χ1n) is 7.18. The minimum absolute atomic E-state index is 0.138. The second-order valence-corrected chi connectivity index (χ2v) is 5.76. The van der Waals surface area contributed by atoms with E-state index in [9.17, 15) is 9.90 Å². The lowest BCUT2D eigenvalue weighted by atomic mass is 10.0. The van der Waals surface area contributed by atoms with Crippen LogP contribution in [0.5, 0.6) is 0 Å². The van der Waals surface area contributed by atoms with Crippen molar-refractivity contribution in [2.75, 3.05) is 11.4 Å². The third-order valence-corrected chi connectivity index (χ3v) is 3.96. The summed E-state index contributed by atoms with van der Waals surface area (Å²) in [5.74, 6) is 1.02. The minimum Gasteiger partial charge on any atom is -0.356 e. The van der Waals surface area contributed by atoms with Crippen LogP contribution in [0.1, 0.15) is 31.7 Å². The highest BCUT2D eigenvalue weighted by molar-refractivity contribution is 5.92. The molecule has 1 amide bonds. The highest BCUT2D eigenvalue weighted by atomic mass is 16.3. The van der Waals surface area contributed by atoms with Crippen LogP contribution >= 0.6 is 0 Å². The SMILES string of the molecule is CC(C)c1ccc2c(N3CCC(=O)NC3O)nn(C)c2c1. The van der Waals surface area contributed by atoms with E-state index < -0.39 is 6.35 Å². The van der Waals surface area contributed by atoms with Gasteiger partial charge in [0, 0.05) is 25.4 Å². The molecule has 3 rings (SSSR count). The Kier molecular flexibility index (Phi) is 3.33. The summed E-state index contributed by atoms with van der Waals surface area (Å²) in [6.45, 7) is 4.77. The zero-order valence-corrected chi connectivity index (χ0v) is 12.5. The van der Waals surface area contributed by atoms with Crippen LogP contribution in [-0.4, -0.2) is 33.7 Å². The van der Waals surface area contributed by atoms with Gasteiger partial charge in [-0.2, -0.15) is 5.10 Å². The van der Waals surface area contributed by atoms with Gasteiger partial charge in [-0.25, -0.2) is 0 Å². The maximum atomic E-state index is 11.3. The molecule has 0 bridgehead atoms. The maximum Gasteiger partial charge on any atom is 0.225 e. The van der Waals surface area contributed by atoms with Gasteiger partial charge < -0.3 is 15.3 Å². The molecule has 21 heavy (non-hydrogen) atoms. The summed E-state index contributed by atoms with van der Waals surface area (Å²) in [5, 5.41) is 18.1. The Hall–Kier alpha value is -2.08. The molecule has 1 unspecified atom stereocenters. The molecule has 1 fully saturated rings. The van der Waals surface area contributed by atoms with E-state index in [2.05, 4.69) is 36.4 Å². The molecule has 2 aromatic rings. The Labute approximate surface area is 123 Å². The van der Waals surface area contributed by atoms with Crippen molar-refractivity contribution in [3.8, 4) is 0 Å². The van der Waals surface area contributed by atoms with E-state index in [-0.39, 0.29) is 5.91 Å². The predicted molar refractivity (Wildman–Crippen MR) is 80.9 cm³/mol. The van der Waals surface area contributed by atoms with Crippen LogP contribution < -0.4 is 10.2 Å². The molecule has 0 saturated carbocycles. The summed E-state index contributed by atoms with van der Waals surface area (Å²) in [6.07, 6.45) is -0.659. The summed E-state index contributed by atoms with van der Waals surface area (Å²) < 4.78 is 1.82. The number of aryl methyl sites for hydroxylation is 1. The predicted octanol–water partition coefficient (Wildman–Crippen LogP) is 1.30. The van der Waals surface area contributed by atoms with Gasteiger partial charge in [0.1, 0.15) is 0 Å². The number of hydrogen-bond acceptors (Lipinski definition) is 4. The van der Waals surface area contributed by atoms with Crippen LogP contribution in [0.3, 0.4) is 0 Å². The maximum absolute atomic E-state index is 11.3. The molecule has 0 aliphatic carbocycles. The number of aliphatic hydroxyl groups excluding tert-OH is 1. The molecule has 0 radical (unpaired) electrons. The monoisotopic (exact) mass is 288 g/mol. The van der Waals surface area contributed by atoms with Gasteiger partial charge in [-0.15, -0.1) is 0 Å². The van der Waals surface area contributed by atoms with E-state index in [0.29, 0.717) is 24.7 Å². The largest absolute Gasteiger partial charge is 0.356 e. The number of carbonyl (C=O) groups excluding carboxylic acids is 1.